The Morgan fingerprint density at radius 2 is 1.85 bits per heavy atom. The summed E-state index contributed by atoms with van der Waals surface area (Å²) < 4.78 is 42.0. The van der Waals surface area contributed by atoms with E-state index >= 15 is 0 Å². The van der Waals surface area contributed by atoms with Crippen molar-refractivity contribution in [3.05, 3.63) is 58.8 Å². The Labute approximate surface area is 149 Å². The molecule has 0 saturated heterocycles. The standard InChI is InChI=1S/C16H12F3N5O3/c17-16(18,19)9-27-15-20-6-10(7-21-15)12-4-5-14(26)24(23-12)8-11-2-1-3-13(25)22-11/h1-7H,8-9H2,(H,22,25). The van der Waals surface area contributed by atoms with Crippen molar-refractivity contribution < 1.29 is 23.0 Å². The second kappa shape index (κ2) is 7.40. The minimum atomic E-state index is -4.49. The van der Waals surface area contributed by atoms with E-state index in [9.17, 15) is 23.1 Å². The van der Waals surface area contributed by atoms with Crippen LogP contribution in [0.25, 0.3) is 11.3 Å². The molecule has 0 unspecified atom stereocenters. The SMILES string of the molecule is O=c1ccc(-c2cnc(OCC(F)(F)F)nc2)nn1Cc1cccc(O)n1. The van der Waals surface area contributed by atoms with E-state index in [1.54, 1.807) is 12.1 Å². The third kappa shape index (κ3) is 5.00. The molecule has 0 fully saturated rings. The molecule has 0 saturated carbocycles. The normalized spacial score (nSPS) is 11.4. The van der Waals surface area contributed by atoms with Gasteiger partial charge in [-0.1, -0.05) is 6.07 Å². The highest BCUT2D eigenvalue weighted by Gasteiger charge is 2.28. The molecule has 0 radical (unpaired) electrons. The summed E-state index contributed by atoms with van der Waals surface area (Å²) in [6.07, 6.45) is -2.01. The van der Waals surface area contributed by atoms with Crippen LogP contribution >= 0.6 is 0 Å². The number of nitrogens with zero attached hydrogens (tertiary/aromatic N) is 5. The highest BCUT2D eigenvalue weighted by Crippen LogP contribution is 2.18. The van der Waals surface area contributed by atoms with Crippen LogP contribution in [-0.2, 0) is 6.54 Å². The van der Waals surface area contributed by atoms with Gasteiger partial charge in [-0.15, -0.1) is 0 Å². The lowest BCUT2D eigenvalue weighted by atomic mass is 10.2. The first-order valence-corrected chi connectivity index (χ1v) is 7.55. The average Bonchev–Trinajstić information content (AvgIpc) is 2.62. The predicted octanol–water partition coefficient (Wildman–Crippen LogP) is 1.79. The monoisotopic (exact) mass is 379 g/mol. The van der Waals surface area contributed by atoms with E-state index in [-0.39, 0.29) is 12.4 Å². The first kappa shape index (κ1) is 18.3. The van der Waals surface area contributed by atoms with Gasteiger partial charge in [0.2, 0.25) is 5.88 Å². The largest absolute Gasteiger partial charge is 0.493 e. The fraction of sp³-hybridized carbons (Fsp3) is 0.188. The van der Waals surface area contributed by atoms with Crippen molar-refractivity contribution in [2.24, 2.45) is 0 Å². The number of halogens is 3. The molecule has 1 N–H and O–H groups in total. The molecule has 3 aromatic rings. The molecule has 0 spiro atoms. The van der Waals surface area contributed by atoms with Gasteiger partial charge < -0.3 is 9.84 Å². The van der Waals surface area contributed by atoms with E-state index in [1.807, 2.05) is 0 Å². The van der Waals surface area contributed by atoms with Gasteiger partial charge in [-0.25, -0.2) is 19.6 Å². The van der Waals surface area contributed by atoms with Gasteiger partial charge in [-0.05, 0) is 12.1 Å². The average molecular weight is 379 g/mol. The Kier molecular flexibility index (Phi) is 5.01. The molecule has 0 aliphatic heterocycles. The van der Waals surface area contributed by atoms with Crippen molar-refractivity contribution in [3.63, 3.8) is 0 Å². The smallest absolute Gasteiger partial charge is 0.422 e. The lowest BCUT2D eigenvalue weighted by Gasteiger charge is -2.08. The summed E-state index contributed by atoms with van der Waals surface area (Å²) in [5, 5.41) is 13.6. The molecule has 3 aromatic heterocycles. The molecule has 0 amide bonds. The summed E-state index contributed by atoms with van der Waals surface area (Å²) in [7, 11) is 0. The van der Waals surface area contributed by atoms with Crippen LogP contribution in [0.5, 0.6) is 11.9 Å². The van der Waals surface area contributed by atoms with Crippen molar-refractivity contribution in [3.8, 4) is 23.1 Å². The zero-order valence-electron chi connectivity index (χ0n) is 13.6. The summed E-state index contributed by atoms with van der Waals surface area (Å²) in [5.41, 5.74) is 0.743. The van der Waals surface area contributed by atoms with Gasteiger partial charge in [0.05, 0.1) is 17.9 Å². The van der Waals surface area contributed by atoms with E-state index in [0.717, 1.165) is 4.68 Å². The molecular weight excluding hydrogens is 367 g/mol. The van der Waals surface area contributed by atoms with Crippen LogP contribution in [-0.4, -0.2) is 42.6 Å². The number of alkyl halides is 3. The third-order valence-electron chi connectivity index (χ3n) is 3.26. The highest BCUT2D eigenvalue weighted by atomic mass is 19.4. The minimum absolute atomic E-state index is 0.0225. The summed E-state index contributed by atoms with van der Waals surface area (Å²) >= 11 is 0. The highest BCUT2D eigenvalue weighted by molar-refractivity contribution is 5.55. The molecule has 27 heavy (non-hydrogen) atoms. The number of aromatic nitrogens is 5. The predicted molar refractivity (Wildman–Crippen MR) is 86.1 cm³/mol. The van der Waals surface area contributed by atoms with Crippen molar-refractivity contribution in [1.82, 2.24) is 24.7 Å². The van der Waals surface area contributed by atoms with Crippen molar-refractivity contribution >= 4 is 0 Å². The fourth-order valence-corrected chi connectivity index (χ4v) is 2.09. The first-order chi connectivity index (χ1) is 12.8. The second-order valence-electron chi connectivity index (χ2n) is 5.36. The molecule has 0 bridgehead atoms. The maximum absolute atomic E-state index is 12.1. The van der Waals surface area contributed by atoms with Gasteiger partial charge >= 0.3 is 12.2 Å². The fourth-order valence-electron chi connectivity index (χ4n) is 2.09. The van der Waals surface area contributed by atoms with Crippen molar-refractivity contribution in [1.29, 1.82) is 0 Å². The Hall–Kier alpha value is -3.50. The van der Waals surface area contributed by atoms with E-state index in [4.69, 9.17) is 0 Å². The zero-order valence-corrected chi connectivity index (χ0v) is 13.6. The number of ether oxygens (including phenoxy) is 1. The maximum Gasteiger partial charge on any atom is 0.422 e. The van der Waals surface area contributed by atoms with E-state index < -0.39 is 24.4 Å². The van der Waals surface area contributed by atoms with Crippen LogP contribution in [0.1, 0.15) is 5.69 Å². The van der Waals surface area contributed by atoms with Gasteiger partial charge in [0.1, 0.15) is 0 Å². The third-order valence-corrected chi connectivity index (χ3v) is 3.26. The zero-order chi connectivity index (χ0) is 19.4. The van der Waals surface area contributed by atoms with Gasteiger partial charge in [0.15, 0.2) is 6.61 Å². The summed E-state index contributed by atoms with van der Waals surface area (Å²) in [5.74, 6) is -0.181. The maximum atomic E-state index is 12.1. The van der Waals surface area contributed by atoms with E-state index in [1.165, 1.54) is 30.6 Å². The molecular formula is C16H12F3N5O3. The summed E-state index contributed by atoms with van der Waals surface area (Å²) in [6, 6.07) is 6.89. The molecule has 0 aromatic carbocycles. The minimum Gasteiger partial charge on any atom is -0.493 e. The van der Waals surface area contributed by atoms with Gasteiger partial charge in [-0.2, -0.15) is 18.3 Å². The van der Waals surface area contributed by atoms with Gasteiger partial charge in [-0.3, -0.25) is 4.79 Å². The molecule has 3 heterocycles. The first-order valence-electron chi connectivity index (χ1n) is 7.55. The molecule has 11 heteroatoms. The van der Waals surface area contributed by atoms with Crippen molar-refractivity contribution in [2.75, 3.05) is 6.61 Å². The summed E-state index contributed by atoms with van der Waals surface area (Å²) in [6.45, 7) is -1.47. The van der Waals surface area contributed by atoms with Crippen LogP contribution in [0.3, 0.4) is 0 Å². The van der Waals surface area contributed by atoms with Crippen molar-refractivity contribution in [2.45, 2.75) is 12.7 Å². The van der Waals surface area contributed by atoms with Crippen LogP contribution in [0.2, 0.25) is 0 Å². The molecule has 140 valence electrons. The second-order valence-corrected chi connectivity index (χ2v) is 5.36. The lowest BCUT2D eigenvalue weighted by molar-refractivity contribution is -0.154. The number of pyridine rings is 1. The van der Waals surface area contributed by atoms with Crippen LogP contribution in [0.15, 0.2) is 47.5 Å². The van der Waals surface area contributed by atoms with Crippen LogP contribution in [0, 0.1) is 0 Å². The number of hydrogen-bond acceptors (Lipinski definition) is 7. The quantitative estimate of drug-likeness (QED) is 0.721. The Morgan fingerprint density at radius 1 is 1.11 bits per heavy atom. The van der Waals surface area contributed by atoms with Gasteiger partial charge in [0.25, 0.3) is 5.56 Å². The topological polar surface area (TPSA) is 103 Å². The summed E-state index contributed by atoms with van der Waals surface area (Å²) in [4.78, 5) is 23.3. The van der Waals surface area contributed by atoms with E-state index in [2.05, 4.69) is 24.8 Å². The molecule has 3 rings (SSSR count). The van der Waals surface area contributed by atoms with Gasteiger partial charge in [0, 0.05) is 30.1 Å². The molecule has 0 aliphatic carbocycles. The Morgan fingerprint density at radius 3 is 2.52 bits per heavy atom. The van der Waals surface area contributed by atoms with Crippen LogP contribution < -0.4 is 10.3 Å². The Balaban J connectivity index is 1.80. The molecule has 0 atom stereocenters. The van der Waals surface area contributed by atoms with E-state index in [0.29, 0.717) is 17.0 Å². The Bertz CT molecular complexity index is 990. The van der Waals surface area contributed by atoms with Crippen LogP contribution in [0.4, 0.5) is 13.2 Å². The number of rotatable bonds is 5. The number of aromatic hydroxyl groups is 1. The lowest BCUT2D eigenvalue weighted by Crippen LogP contribution is -2.23. The molecule has 0 aliphatic rings. The number of hydrogen-bond donors (Lipinski definition) is 1. The molecule has 8 nitrogen and oxygen atoms in total.